The van der Waals surface area contributed by atoms with Crippen molar-refractivity contribution in [2.24, 2.45) is 5.73 Å². The van der Waals surface area contributed by atoms with Gasteiger partial charge in [-0.2, -0.15) is 0 Å². The molecular weight excluding hydrogens is 284 g/mol. The molecule has 108 valence electrons. The summed E-state index contributed by atoms with van der Waals surface area (Å²) in [6.07, 6.45) is 0.552. The number of anilines is 1. The third kappa shape index (κ3) is 4.03. The van der Waals surface area contributed by atoms with Crippen molar-refractivity contribution in [2.75, 3.05) is 12.4 Å². The van der Waals surface area contributed by atoms with Crippen LogP contribution in [0.25, 0.3) is 0 Å². The number of hydrogen-bond acceptors (Lipinski definition) is 3. The van der Waals surface area contributed by atoms with Gasteiger partial charge in [-0.3, -0.25) is 4.79 Å². The second-order valence-electron chi connectivity index (χ2n) is 4.49. The number of nitrogens with one attached hydrogen (secondary N) is 1. The van der Waals surface area contributed by atoms with Crippen molar-refractivity contribution < 1.29 is 9.53 Å². The highest BCUT2D eigenvalue weighted by atomic mass is 32.1. The van der Waals surface area contributed by atoms with Gasteiger partial charge in [-0.15, -0.1) is 0 Å². The SMILES string of the molecule is COc1ccccc1C(=O)Nc1ccc(CC(N)=S)cc1. The first kappa shape index (κ1) is 15.0. The van der Waals surface area contributed by atoms with Gasteiger partial charge in [0.15, 0.2) is 0 Å². The van der Waals surface area contributed by atoms with E-state index < -0.39 is 0 Å². The van der Waals surface area contributed by atoms with Crippen molar-refractivity contribution in [3.63, 3.8) is 0 Å². The van der Waals surface area contributed by atoms with Crippen molar-refractivity contribution in [2.45, 2.75) is 6.42 Å². The Labute approximate surface area is 128 Å². The molecule has 0 aromatic heterocycles. The Hall–Kier alpha value is -2.40. The van der Waals surface area contributed by atoms with Crippen LogP contribution in [0.15, 0.2) is 48.5 Å². The highest BCUT2D eigenvalue weighted by molar-refractivity contribution is 7.80. The molecule has 21 heavy (non-hydrogen) atoms. The van der Waals surface area contributed by atoms with Gasteiger partial charge in [-0.1, -0.05) is 36.5 Å². The third-order valence-corrected chi connectivity index (χ3v) is 3.09. The summed E-state index contributed by atoms with van der Waals surface area (Å²) in [6, 6.07) is 14.5. The number of para-hydroxylation sites is 1. The summed E-state index contributed by atoms with van der Waals surface area (Å²) in [5.41, 5.74) is 7.71. The van der Waals surface area contributed by atoms with Crippen LogP contribution in [0, 0.1) is 0 Å². The summed E-state index contributed by atoms with van der Waals surface area (Å²) in [6.45, 7) is 0. The standard InChI is InChI=1S/C16H16N2O2S/c1-20-14-5-3-2-4-13(14)16(19)18-12-8-6-11(7-9-12)10-15(17)21/h2-9H,10H2,1H3,(H2,17,21)(H,18,19). The van der Waals surface area contributed by atoms with Crippen LogP contribution in [0.4, 0.5) is 5.69 Å². The molecule has 0 bridgehead atoms. The molecule has 0 heterocycles. The molecule has 0 saturated carbocycles. The molecule has 0 unspecified atom stereocenters. The number of carbonyl (C=O) groups excluding carboxylic acids is 1. The van der Waals surface area contributed by atoms with Gasteiger partial charge in [0.2, 0.25) is 0 Å². The van der Waals surface area contributed by atoms with E-state index >= 15 is 0 Å². The minimum atomic E-state index is -0.213. The van der Waals surface area contributed by atoms with Crippen LogP contribution in [-0.4, -0.2) is 18.0 Å². The molecule has 0 spiro atoms. The Morgan fingerprint density at radius 1 is 1.19 bits per heavy atom. The van der Waals surface area contributed by atoms with Crippen molar-refractivity contribution in [1.82, 2.24) is 0 Å². The van der Waals surface area contributed by atoms with Gasteiger partial charge in [0.25, 0.3) is 5.91 Å². The van der Waals surface area contributed by atoms with E-state index in [1.165, 1.54) is 7.11 Å². The smallest absolute Gasteiger partial charge is 0.259 e. The fraction of sp³-hybridized carbons (Fsp3) is 0.125. The number of rotatable bonds is 5. The van der Waals surface area contributed by atoms with Gasteiger partial charge in [-0.05, 0) is 29.8 Å². The number of ether oxygens (including phenoxy) is 1. The van der Waals surface area contributed by atoms with Crippen LogP contribution in [0.1, 0.15) is 15.9 Å². The van der Waals surface area contributed by atoms with E-state index in [4.69, 9.17) is 22.7 Å². The van der Waals surface area contributed by atoms with Crippen molar-refractivity contribution in [3.8, 4) is 5.75 Å². The van der Waals surface area contributed by atoms with Gasteiger partial charge in [-0.25, -0.2) is 0 Å². The lowest BCUT2D eigenvalue weighted by atomic mass is 10.1. The van der Waals surface area contributed by atoms with E-state index in [1.807, 2.05) is 30.3 Å². The molecule has 0 radical (unpaired) electrons. The topological polar surface area (TPSA) is 64.3 Å². The molecule has 2 rings (SSSR count). The van der Waals surface area contributed by atoms with Gasteiger partial charge >= 0.3 is 0 Å². The fourth-order valence-electron chi connectivity index (χ4n) is 1.94. The molecule has 0 saturated heterocycles. The zero-order chi connectivity index (χ0) is 15.2. The van der Waals surface area contributed by atoms with E-state index in [-0.39, 0.29) is 5.91 Å². The van der Waals surface area contributed by atoms with Gasteiger partial charge in [0, 0.05) is 12.1 Å². The highest BCUT2D eigenvalue weighted by Gasteiger charge is 2.11. The van der Waals surface area contributed by atoms with Crippen molar-refractivity contribution in [3.05, 3.63) is 59.7 Å². The number of hydrogen-bond donors (Lipinski definition) is 2. The van der Waals surface area contributed by atoms with E-state index in [0.29, 0.717) is 28.4 Å². The largest absolute Gasteiger partial charge is 0.496 e. The zero-order valence-corrected chi connectivity index (χ0v) is 12.4. The molecular formula is C16H16N2O2S. The Morgan fingerprint density at radius 2 is 1.86 bits per heavy atom. The first-order chi connectivity index (χ1) is 10.1. The Kier molecular flexibility index (Phi) is 4.90. The van der Waals surface area contributed by atoms with Crippen LogP contribution >= 0.6 is 12.2 Å². The second kappa shape index (κ2) is 6.85. The Morgan fingerprint density at radius 3 is 2.48 bits per heavy atom. The molecule has 0 fully saturated rings. The predicted molar refractivity (Wildman–Crippen MR) is 87.9 cm³/mol. The minimum absolute atomic E-state index is 0.213. The number of carbonyl (C=O) groups is 1. The number of thiocarbonyl (C=S) groups is 1. The molecule has 0 atom stereocenters. The lowest BCUT2D eigenvalue weighted by molar-refractivity contribution is 0.102. The third-order valence-electron chi connectivity index (χ3n) is 2.94. The number of benzene rings is 2. The maximum atomic E-state index is 12.2. The van der Waals surface area contributed by atoms with Crippen LogP contribution in [-0.2, 0) is 6.42 Å². The van der Waals surface area contributed by atoms with Crippen LogP contribution in [0.2, 0.25) is 0 Å². The van der Waals surface area contributed by atoms with Crippen LogP contribution in [0.5, 0.6) is 5.75 Å². The number of nitrogens with two attached hydrogens (primary N) is 1. The van der Waals surface area contributed by atoms with Gasteiger partial charge in [0.1, 0.15) is 5.75 Å². The Balaban J connectivity index is 2.10. The van der Waals surface area contributed by atoms with E-state index in [2.05, 4.69) is 5.32 Å². The highest BCUT2D eigenvalue weighted by Crippen LogP contribution is 2.19. The molecule has 2 aromatic rings. The molecule has 3 N–H and O–H groups in total. The summed E-state index contributed by atoms with van der Waals surface area (Å²) in [7, 11) is 1.54. The average Bonchev–Trinajstić information content (AvgIpc) is 2.48. The lowest BCUT2D eigenvalue weighted by Crippen LogP contribution is -2.13. The molecule has 0 aliphatic heterocycles. The summed E-state index contributed by atoms with van der Waals surface area (Å²) >= 11 is 4.87. The normalized spacial score (nSPS) is 9.95. The molecule has 5 heteroatoms. The van der Waals surface area contributed by atoms with E-state index in [1.54, 1.807) is 18.2 Å². The maximum Gasteiger partial charge on any atom is 0.259 e. The lowest BCUT2D eigenvalue weighted by Gasteiger charge is -2.09. The molecule has 1 amide bonds. The zero-order valence-electron chi connectivity index (χ0n) is 11.6. The van der Waals surface area contributed by atoms with E-state index in [9.17, 15) is 4.79 Å². The molecule has 4 nitrogen and oxygen atoms in total. The summed E-state index contributed by atoms with van der Waals surface area (Å²) in [5.74, 6) is 0.328. The summed E-state index contributed by atoms with van der Waals surface area (Å²) in [5, 5.41) is 2.83. The molecule has 2 aromatic carbocycles. The average molecular weight is 300 g/mol. The quantitative estimate of drug-likeness (QED) is 0.833. The van der Waals surface area contributed by atoms with Crippen molar-refractivity contribution in [1.29, 1.82) is 0 Å². The minimum Gasteiger partial charge on any atom is -0.496 e. The summed E-state index contributed by atoms with van der Waals surface area (Å²) in [4.78, 5) is 12.7. The fourth-order valence-corrected chi connectivity index (χ4v) is 2.10. The monoisotopic (exact) mass is 300 g/mol. The second-order valence-corrected chi connectivity index (χ2v) is 5.02. The molecule has 0 aliphatic carbocycles. The van der Waals surface area contributed by atoms with Gasteiger partial charge in [0.05, 0.1) is 17.7 Å². The van der Waals surface area contributed by atoms with Crippen LogP contribution < -0.4 is 15.8 Å². The predicted octanol–water partition coefficient (Wildman–Crippen LogP) is 2.78. The maximum absolute atomic E-state index is 12.2. The van der Waals surface area contributed by atoms with Crippen LogP contribution in [0.3, 0.4) is 0 Å². The molecule has 0 aliphatic rings. The first-order valence-electron chi connectivity index (χ1n) is 6.42. The summed E-state index contributed by atoms with van der Waals surface area (Å²) < 4.78 is 5.18. The van der Waals surface area contributed by atoms with E-state index in [0.717, 1.165) is 5.56 Å². The number of amides is 1. The number of methoxy groups -OCH3 is 1. The Bertz CT molecular complexity index is 654. The van der Waals surface area contributed by atoms with Crippen molar-refractivity contribution >= 4 is 28.8 Å². The van der Waals surface area contributed by atoms with Gasteiger partial charge < -0.3 is 15.8 Å². The first-order valence-corrected chi connectivity index (χ1v) is 6.82.